The molecule has 1 amide bonds. The molecule has 0 unspecified atom stereocenters. The summed E-state index contributed by atoms with van der Waals surface area (Å²) in [5.41, 5.74) is 2.45. The van der Waals surface area contributed by atoms with Crippen molar-refractivity contribution in [2.45, 2.75) is 26.2 Å². The SMILES string of the molecule is CC(C)c1[nH]n(-c2c(Cl)cc(Cl)cc2Cl)c2nc(Cc3cccc(C(=O)N(C)CCN(C)C)c3)nc(=O)c1-2. The van der Waals surface area contributed by atoms with Crippen LogP contribution < -0.4 is 5.56 Å². The van der Waals surface area contributed by atoms with Gasteiger partial charge >= 0.3 is 0 Å². The Hall–Kier alpha value is -2.91. The number of carbonyl (C=O) groups is 1. The number of aromatic amines is 1. The Morgan fingerprint density at radius 1 is 1.03 bits per heavy atom. The predicted octanol–water partition coefficient (Wildman–Crippen LogP) is 5.37. The molecule has 0 saturated carbocycles. The largest absolute Gasteiger partial charge is 0.340 e. The van der Waals surface area contributed by atoms with Gasteiger partial charge in [-0.25, -0.2) is 9.67 Å². The summed E-state index contributed by atoms with van der Waals surface area (Å²) >= 11 is 19.1. The molecule has 8 nitrogen and oxygen atoms in total. The molecule has 1 N–H and O–H groups in total. The van der Waals surface area contributed by atoms with E-state index in [1.807, 2.05) is 51.0 Å². The third-order valence-corrected chi connectivity index (χ3v) is 6.96. The molecule has 11 heteroatoms. The minimum absolute atomic E-state index is 0.0158. The molecule has 2 aromatic rings. The van der Waals surface area contributed by atoms with Crippen LogP contribution in [-0.4, -0.2) is 69.7 Å². The minimum atomic E-state index is -0.402. The lowest BCUT2D eigenvalue weighted by Crippen LogP contribution is -2.33. The highest BCUT2D eigenvalue weighted by molar-refractivity contribution is 6.40. The molecule has 4 rings (SSSR count). The average Bonchev–Trinajstić information content (AvgIpc) is 3.21. The molecule has 2 aliphatic heterocycles. The Labute approximate surface area is 236 Å². The second kappa shape index (κ2) is 11.5. The Morgan fingerprint density at radius 3 is 2.34 bits per heavy atom. The van der Waals surface area contributed by atoms with Crippen molar-refractivity contribution < 1.29 is 4.79 Å². The summed E-state index contributed by atoms with van der Waals surface area (Å²) in [6.45, 7) is 5.30. The first-order valence-corrected chi connectivity index (χ1v) is 13.2. The van der Waals surface area contributed by atoms with Gasteiger partial charge in [0.25, 0.3) is 11.5 Å². The number of benzene rings is 2. The van der Waals surface area contributed by atoms with Crippen molar-refractivity contribution in [3.05, 3.63) is 84.5 Å². The highest BCUT2D eigenvalue weighted by Crippen LogP contribution is 2.36. The van der Waals surface area contributed by atoms with E-state index in [1.54, 1.807) is 34.8 Å². The van der Waals surface area contributed by atoms with E-state index >= 15 is 0 Å². The summed E-state index contributed by atoms with van der Waals surface area (Å²) in [6, 6.07) is 10.4. The summed E-state index contributed by atoms with van der Waals surface area (Å²) in [4.78, 5) is 38.9. The van der Waals surface area contributed by atoms with Gasteiger partial charge in [-0.15, -0.1) is 0 Å². The quantitative estimate of drug-likeness (QED) is 0.305. The van der Waals surface area contributed by atoms with Gasteiger partial charge in [0.05, 0.1) is 15.7 Å². The zero-order valence-electron chi connectivity index (χ0n) is 21.8. The van der Waals surface area contributed by atoms with Gasteiger partial charge in [0.2, 0.25) is 0 Å². The van der Waals surface area contributed by atoms with Crippen molar-refractivity contribution in [2.75, 3.05) is 34.2 Å². The second-order valence-corrected chi connectivity index (χ2v) is 11.0. The van der Waals surface area contributed by atoms with Crippen LogP contribution in [0.2, 0.25) is 15.1 Å². The van der Waals surface area contributed by atoms with E-state index in [0.29, 0.717) is 55.8 Å². The first kappa shape index (κ1) is 28.1. The third kappa shape index (κ3) is 5.89. The first-order chi connectivity index (χ1) is 18.0. The maximum atomic E-state index is 13.2. The number of H-pyrrole nitrogens is 1. The van der Waals surface area contributed by atoms with Crippen molar-refractivity contribution in [3.8, 4) is 17.1 Å². The Kier molecular flexibility index (Phi) is 8.47. The van der Waals surface area contributed by atoms with Crippen LogP contribution in [0.1, 0.15) is 47.2 Å². The lowest BCUT2D eigenvalue weighted by Gasteiger charge is -2.20. The minimum Gasteiger partial charge on any atom is -0.340 e. The molecule has 2 aromatic carbocycles. The summed E-state index contributed by atoms with van der Waals surface area (Å²) in [5, 5.41) is 4.25. The zero-order chi connectivity index (χ0) is 27.7. The molecule has 0 saturated heterocycles. The van der Waals surface area contributed by atoms with E-state index in [1.165, 1.54) is 0 Å². The molecule has 38 heavy (non-hydrogen) atoms. The summed E-state index contributed by atoms with van der Waals surface area (Å²) in [7, 11) is 5.71. The Balaban J connectivity index is 1.74. The molecular weight excluding hydrogens is 547 g/mol. The van der Waals surface area contributed by atoms with Crippen molar-refractivity contribution in [3.63, 3.8) is 0 Å². The number of nitrogens with zero attached hydrogens (tertiary/aromatic N) is 5. The van der Waals surface area contributed by atoms with Gasteiger partial charge < -0.3 is 9.80 Å². The molecule has 2 aliphatic rings. The van der Waals surface area contributed by atoms with Crippen LogP contribution in [0.3, 0.4) is 0 Å². The van der Waals surface area contributed by atoms with E-state index in [9.17, 15) is 9.59 Å². The van der Waals surface area contributed by atoms with Gasteiger partial charge in [-0.2, -0.15) is 4.98 Å². The smallest absolute Gasteiger partial charge is 0.284 e. The second-order valence-electron chi connectivity index (χ2n) is 9.78. The molecule has 0 aliphatic carbocycles. The van der Waals surface area contributed by atoms with Crippen molar-refractivity contribution >= 4 is 40.7 Å². The highest BCUT2D eigenvalue weighted by Gasteiger charge is 2.27. The van der Waals surface area contributed by atoms with Crippen LogP contribution >= 0.6 is 34.8 Å². The molecule has 2 heterocycles. The monoisotopic (exact) mass is 574 g/mol. The fourth-order valence-electron chi connectivity index (χ4n) is 4.17. The Morgan fingerprint density at radius 2 is 1.71 bits per heavy atom. The fraction of sp³-hybridized carbons (Fsp3) is 0.333. The molecule has 0 bridgehead atoms. The number of carbonyl (C=O) groups excluding carboxylic acids is 1. The molecule has 0 atom stereocenters. The van der Waals surface area contributed by atoms with Crippen molar-refractivity contribution in [1.82, 2.24) is 29.5 Å². The normalized spacial score (nSPS) is 11.6. The maximum Gasteiger partial charge on any atom is 0.284 e. The number of hydrogen-bond acceptors (Lipinski definition) is 5. The van der Waals surface area contributed by atoms with E-state index in [-0.39, 0.29) is 18.2 Å². The lowest BCUT2D eigenvalue weighted by atomic mass is 10.0. The van der Waals surface area contributed by atoms with Crippen LogP contribution in [0.5, 0.6) is 0 Å². The molecule has 0 fully saturated rings. The topological polar surface area (TPSA) is 87.1 Å². The standard InChI is InChI=1S/C27H29Cl3N6O2/c1-15(2)23-22-25(36(33-23)24-19(29)13-18(28)14-20(24)30)31-21(32-26(22)37)12-16-7-6-8-17(11-16)27(38)35(5)10-9-34(3)4/h6-8,11,13-15,33H,9-10,12H2,1-5H3. The van der Waals surface area contributed by atoms with Gasteiger partial charge in [-0.3, -0.25) is 14.7 Å². The van der Waals surface area contributed by atoms with Gasteiger partial charge in [-0.1, -0.05) is 60.8 Å². The summed E-state index contributed by atoms with van der Waals surface area (Å²) in [6.07, 6.45) is 0.262. The summed E-state index contributed by atoms with van der Waals surface area (Å²) in [5.74, 6) is 0.590. The lowest BCUT2D eigenvalue weighted by molar-refractivity contribution is 0.0786. The zero-order valence-corrected chi connectivity index (χ0v) is 24.1. The van der Waals surface area contributed by atoms with Gasteiger partial charge in [0, 0.05) is 37.1 Å². The average molecular weight is 576 g/mol. The van der Waals surface area contributed by atoms with Gasteiger partial charge in [0.1, 0.15) is 17.1 Å². The van der Waals surface area contributed by atoms with Crippen molar-refractivity contribution in [1.29, 1.82) is 0 Å². The highest BCUT2D eigenvalue weighted by atomic mass is 35.5. The number of hydrogen-bond donors (Lipinski definition) is 1. The molecule has 0 radical (unpaired) electrons. The number of rotatable bonds is 8. The summed E-state index contributed by atoms with van der Waals surface area (Å²) < 4.78 is 1.61. The number of nitrogens with one attached hydrogen (secondary N) is 1. The molecule has 200 valence electrons. The number of halogens is 3. The maximum absolute atomic E-state index is 13.2. The van der Waals surface area contributed by atoms with Gasteiger partial charge in [0.15, 0.2) is 5.82 Å². The first-order valence-electron chi connectivity index (χ1n) is 12.1. The van der Waals surface area contributed by atoms with Crippen LogP contribution in [0.25, 0.3) is 17.1 Å². The van der Waals surface area contributed by atoms with Crippen LogP contribution in [-0.2, 0) is 6.42 Å². The van der Waals surface area contributed by atoms with E-state index < -0.39 is 5.56 Å². The van der Waals surface area contributed by atoms with Gasteiger partial charge in [-0.05, 0) is 49.8 Å². The van der Waals surface area contributed by atoms with Crippen molar-refractivity contribution in [2.24, 2.45) is 0 Å². The molecule has 0 spiro atoms. The predicted molar refractivity (Wildman–Crippen MR) is 152 cm³/mol. The van der Waals surface area contributed by atoms with Crippen LogP contribution in [0.4, 0.5) is 0 Å². The number of amides is 1. The van der Waals surface area contributed by atoms with Crippen LogP contribution in [0.15, 0.2) is 41.2 Å². The number of fused-ring (bicyclic) bond motifs is 1. The van der Waals surface area contributed by atoms with Crippen LogP contribution in [0, 0.1) is 0 Å². The Bertz CT molecular complexity index is 1490. The number of aromatic nitrogens is 4. The molecular formula is C27H29Cl3N6O2. The van der Waals surface area contributed by atoms with E-state index in [2.05, 4.69) is 10.1 Å². The van der Waals surface area contributed by atoms with E-state index in [4.69, 9.17) is 39.8 Å². The third-order valence-electron chi connectivity index (χ3n) is 6.16. The fourth-order valence-corrected chi connectivity index (χ4v) is 5.16. The van der Waals surface area contributed by atoms with E-state index in [0.717, 1.165) is 12.1 Å². The number of likely N-dealkylation sites (N-methyl/N-ethyl adjacent to an activating group) is 2. The molecule has 0 aromatic heterocycles.